The van der Waals surface area contributed by atoms with Crippen molar-refractivity contribution in [1.82, 2.24) is 9.47 Å². The van der Waals surface area contributed by atoms with E-state index in [2.05, 4.69) is 4.99 Å². The summed E-state index contributed by atoms with van der Waals surface area (Å²) in [6.45, 7) is 0.556. The summed E-state index contributed by atoms with van der Waals surface area (Å²) >= 11 is 1.44. The van der Waals surface area contributed by atoms with Crippen molar-refractivity contribution >= 4 is 23.2 Å². The van der Waals surface area contributed by atoms with Gasteiger partial charge in [-0.25, -0.2) is 0 Å². The van der Waals surface area contributed by atoms with Crippen LogP contribution in [0.15, 0.2) is 16.6 Å². The Morgan fingerprint density at radius 3 is 2.80 bits per heavy atom. The predicted molar refractivity (Wildman–Crippen MR) is 75.9 cm³/mol. The van der Waals surface area contributed by atoms with Crippen LogP contribution < -0.4 is 4.80 Å². The fourth-order valence-electron chi connectivity index (χ4n) is 3.09. The number of aryl methyl sites for hydroxylation is 1. The molecule has 2 heterocycles. The molecule has 1 saturated heterocycles. The van der Waals surface area contributed by atoms with E-state index in [1.807, 2.05) is 28.1 Å². The van der Waals surface area contributed by atoms with E-state index in [-0.39, 0.29) is 17.7 Å². The molecular weight excluding hydrogens is 274 g/mol. The highest BCUT2D eigenvalue weighted by Gasteiger charge is 2.38. The van der Waals surface area contributed by atoms with E-state index in [1.54, 1.807) is 0 Å². The maximum Gasteiger partial charge on any atom is 0.253 e. The molecule has 2 fully saturated rings. The average molecular weight is 293 g/mol. The Kier molecular flexibility index (Phi) is 3.74. The highest BCUT2D eigenvalue weighted by atomic mass is 32.1. The monoisotopic (exact) mass is 293 g/mol. The van der Waals surface area contributed by atoms with Crippen molar-refractivity contribution in [3.05, 3.63) is 16.4 Å². The van der Waals surface area contributed by atoms with E-state index in [4.69, 9.17) is 0 Å². The highest BCUT2D eigenvalue weighted by Crippen LogP contribution is 2.29. The van der Waals surface area contributed by atoms with Crippen LogP contribution in [0.2, 0.25) is 0 Å². The third-order valence-corrected chi connectivity index (χ3v) is 5.09. The maximum absolute atomic E-state index is 12.2. The SMILES string of the molecule is Cn1ccsc1=NC(=O)[C@H]1CC(=O)N(C2CCCC2)C1. The van der Waals surface area contributed by atoms with Crippen LogP contribution in [0.25, 0.3) is 0 Å². The minimum atomic E-state index is -0.259. The number of carbonyl (C=O) groups excluding carboxylic acids is 2. The van der Waals surface area contributed by atoms with E-state index < -0.39 is 0 Å². The molecule has 1 aromatic rings. The molecule has 1 aromatic heterocycles. The lowest BCUT2D eigenvalue weighted by Gasteiger charge is -2.23. The van der Waals surface area contributed by atoms with Crippen LogP contribution >= 0.6 is 11.3 Å². The van der Waals surface area contributed by atoms with Gasteiger partial charge in [0.25, 0.3) is 5.91 Å². The maximum atomic E-state index is 12.2. The zero-order chi connectivity index (χ0) is 14.1. The van der Waals surface area contributed by atoms with E-state index >= 15 is 0 Å². The van der Waals surface area contributed by atoms with Gasteiger partial charge in [-0.1, -0.05) is 12.8 Å². The van der Waals surface area contributed by atoms with Crippen LogP contribution in [0.5, 0.6) is 0 Å². The molecule has 108 valence electrons. The molecule has 0 spiro atoms. The molecule has 0 unspecified atom stereocenters. The first-order chi connectivity index (χ1) is 9.65. The lowest BCUT2D eigenvalue weighted by atomic mass is 10.1. The second kappa shape index (κ2) is 5.52. The van der Waals surface area contributed by atoms with Gasteiger partial charge in [0, 0.05) is 37.6 Å². The third-order valence-electron chi connectivity index (χ3n) is 4.24. The van der Waals surface area contributed by atoms with Gasteiger partial charge in [-0.2, -0.15) is 4.99 Å². The summed E-state index contributed by atoms with van der Waals surface area (Å²) in [5.74, 6) is -0.289. The molecule has 5 nitrogen and oxygen atoms in total. The number of rotatable bonds is 2. The lowest BCUT2D eigenvalue weighted by molar-refractivity contribution is -0.130. The van der Waals surface area contributed by atoms with Crippen molar-refractivity contribution in [3.8, 4) is 0 Å². The largest absolute Gasteiger partial charge is 0.339 e. The molecule has 3 rings (SSSR count). The minimum absolute atomic E-state index is 0.126. The summed E-state index contributed by atoms with van der Waals surface area (Å²) in [6, 6.07) is 0.359. The second-order valence-corrected chi connectivity index (χ2v) is 6.50. The van der Waals surface area contributed by atoms with Crippen molar-refractivity contribution in [2.45, 2.75) is 38.1 Å². The molecule has 1 saturated carbocycles. The third kappa shape index (κ3) is 2.57. The number of likely N-dealkylation sites (tertiary alicyclic amines) is 1. The van der Waals surface area contributed by atoms with Crippen molar-refractivity contribution in [2.24, 2.45) is 18.0 Å². The van der Waals surface area contributed by atoms with Crippen molar-refractivity contribution in [2.75, 3.05) is 6.54 Å². The minimum Gasteiger partial charge on any atom is -0.339 e. The normalized spacial score (nSPS) is 24.9. The van der Waals surface area contributed by atoms with E-state index in [0.29, 0.717) is 23.8 Å². The first kappa shape index (κ1) is 13.5. The van der Waals surface area contributed by atoms with Crippen LogP contribution in [0.4, 0.5) is 0 Å². The fraction of sp³-hybridized carbons (Fsp3) is 0.643. The topological polar surface area (TPSA) is 54.7 Å². The Hall–Kier alpha value is -1.43. The van der Waals surface area contributed by atoms with Crippen molar-refractivity contribution in [1.29, 1.82) is 0 Å². The molecule has 6 heteroatoms. The van der Waals surface area contributed by atoms with Gasteiger partial charge in [0.05, 0.1) is 5.92 Å². The molecule has 0 N–H and O–H groups in total. The van der Waals surface area contributed by atoms with Gasteiger partial charge in [-0.3, -0.25) is 9.59 Å². The summed E-state index contributed by atoms with van der Waals surface area (Å²) in [4.78, 5) is 31.1. The summed E-state index contributed by atoms with van der Waals surface area (Å²) in [5.41, 5.74) is 0. The van der Waals surface area contributed by atoms with Crippen LogP contribution in [0.3, 0.4) is 0 Å². The lowest BCUT2D eigenvalue weighted by Crippen LogP contribution is -2.35. The molecule has 20 heavy (non-hydrogen) atoms. The number of nitrogens with zero attached hydrogens (tertiary/aromatic N) is 3. The smallest absolute Gasteiger partial charge is 0.253 e. The Bertz CT molecular complexity index is 583. The summed E-state index contributed by atoms with van der Waals surface area (Å²) in [6.07, 6.45) is 6.77. The standard InChI is InChI=1S/C14H19N3O2S/c1-16-6-7-20-14(16)15-13(19)10-8-12(18)17(9-10)11-4-2-3-5-11/h6-7,10-11H,2-5,8-9H2,1H3/t10-/m0/s1. The Morgan fingerprint density at radius 2 is 2.15 bits per heavy atom. The van der Waals surface area contributed by atoms with Gasteiger partial charge in [0.2, 0.25) is 5.91 Å². The van der Waals surface area contributed by atoms with Gasteiger partial charge in [0.15, 0.2) is 4.80 Å². The molecule has 1 aliphatic carbocycles. The number of hydrogen-bond donors (Lipinski definition) is 0. The van der Waals surface area contributed by atoms with Crippen molar-refractivity contribution in [3.63, 3.8) is 0 Å². The molecule has 0 aromatic carbocycles. The Balaban J connectivity index is 1.71. The number of carbonyl (C=O) groups is 2. The number of hydrogen-bond acceptors (Lipinski definition) is 3. The van der Waals surface area contributed by atoms with E-state index in [9.17, 15) is 9.59 Å². The van der Waals surface area contributed by atoms with E-state index in [1.165, 1.54) is 24.2 Å². The van der Waals surface area contributed by atoms with Gasteiger partial charge in [-0.05, 0) is 12.8 Å². The van der Waals surface area contributed by atoms with Gasteiger partial charge >= 0.3 is 0 Å². The Labute approximate surface area is 121 Å². The molecule has 1 aliphatic heterocycles. The Morgan fingerprint density at radius 1 is 1.40 bits per heavy atom. The quantitative estimate of drug-likeness (QED) is 0.825. The number of amides is 2. The molecule has 1 atom stereocenters. The van der Waals surface area contributed by atoms with Gasteiger partial charge in [-0.15, -0.1) is 11.3 Å². The first-order valence-corrected chi connectivity index (χ1v) is 8.01. The van der Waals surface area contributed by atoms with Crippen molar-refractivity contribution < 1.29 is 9.59 Å². The molecule has 2 amide bonds. The zero-order valence-electron chi connectivity index (χ0n) is 11.6. The van der Waals surface area contributed by atoms with Crippen LogP contribution in [-0.4, -0.2) is 33.9 Å². The van der Waals surface area contributed by atoms with E-state index in [0.717, 1.165) is 12.8 Å². The summed E-state index contributed by atoms with van der Waals surface area (Å²) in [7, 11) is 1.87. The number of thiazole rings is 1. The molecule has 2 aliphatic rings. The zero-order valence-corrected chi connectivity index (χ0v) is 12.4. The predicted octanol–water partition coefficient (Wildman–Crippen LogP) is 1.30. The van der Waals surface area contributed by atoms with Gasteiger partial charge < -0.3 is 9.47 Å². The first-order valence-electron chi connectivity index (χ1n) is 7.13. The van der Waals surface area contributed by atoms with Crippen LogP contribution in [0, 0.1) is 5.92 Å². The fourth-order valence-corrected chi connectivity index (χ4v) is 3.82. The van der Waals surface area contributed by atoms with Crippen LogP contribution in [-0.2, 0) is 16.6 Å². The molecular formula is C14H19N3O2S. The second-order valence-electron chi connectivity index (χ2n) is 5.63. The highest BCUT2D eigenvalue weighted by molar-refractivity contribution is 7.07. The van der Waals surface area contributed by atoms with Crippen LogP contribution in [0.1, 0.15) is 32.1 Å². The molecule has 0 bridgehead atoms. The summed E-state index contributed by atoms with van der Waals surface area (Å²) in [5, 5.41) is 1.90. The summed E-state index contributed by atoms with van der Waals surface area (Å²) < 4.78 is 1.83. The van der Waals surface area contributed by atoms with Gasteiger partial charge in [0.1, 0.15) is 0 Å². The number of aromatic nitrogens is 1. The average Bonchev–Trinajstić information content (AvgIpc) is 3.11. The molecule has 0 radical (unpaired) electrons.